The van der Waals surface area contributed by atoms with Crippen LogP contribution in [0.5, 0.6) is 5.75 Å². The number of unbranched alkanes of at least 4 members (excludes halogenated alkanes) is 1. The molecule has 1 fully saturated rings. The molecule has 22 heavy (non-hydrogen) atoms. The minimum absolute atomic E-state index is 0.829. The molecule has 0 aromatic heterocycles. The molecule has 0 bridgehead atoms. The van der Waals surface area contributed by atoms with E-state index in [1.165, 1.54) is 44.5 Å². The Hall–Kier alpha value is -1.06. The molecule has 3 nitrogen and oxygen atoms in total. The minimum atomic E-state index is 0.829. The van der Waals surface area contributed by atoms with Crippen LogP contribution in [0.4, 0.5) is 0 Å². The lowest BCUT2D eigenvalue weighted by Crippen LogP contribution is -2.36. The number of likely N-dealkylation sites (tertiary alicyclic amines) is 1. The first-order valence-electron chi connectivity index (χ1n) is 8.96. The normalized spacial score (nSPS) is 16.8. The van der Waals surface area contributed by atoms with Gasteiger partial charge < -0.3 is 10.1 Å². The summed E-state index contributed by atoms with van der Waals surface area (Å²) in [5, 5.41) is 3.48. The van der Waals surface area contributed by atoms with Crippen molar-refractivity contribution < 1.29 is 4.74 Å². The molecule has 1 aliphatic rings. The number of benzene rings is 1. The van der Waals surface area contributed by atoms with Crippen LogP contribution in [0.2, 0.25) is 0 Å². The third-order valence-electron chi connectivity index (χ3n) is 4.49. The van der Waals surface area contributed by atoms with Gasteiger partial charge in [0.05, 0.1) is 6.61 Å². The molecule has 0 radical (unpaired) electrons. The fourth-order valence-electron chi connectivity index (χ4n) is 2.98. The summed E-state index contributed by atoms with van der Waals surface area (Å²) in [7, 11) is 0. The van der Waals surface area contributed by atoms with Crippen LogP contribution in [0.1, 0.15) is 45.1 Å². The Morgan fingerprint density at radius 3 is 2.50 bits per heavy atom. The molecular weight excluding hydrogens is 272 g/mol. The molecule has 1 aromatic carbocycles. The maximum atomic E-state index is 5.72. The molecule has 1 heterocycles. The van der Waals surface area contributed by atoms with Gasteiger partial charge in [0.2, 0.25) is 0 Å². The van der Waals surface area contributed by atoms with E-state index in [1.807, 2.05) is 0 Å². The summed E-state index contributed by atoms with van der Waals surface area (Å²) in [5.41, 5.74) is 1.40. The lowest BCUT2D eigenvalue weighted by atomic mass is 9.96. The number of hydrogen-bond donors (Lipinski definition) is 1. The minimum Gasteiger partial charge on any atom is -0.494 e. The Bertz CT molecular complexity index is 396. The van der Waals surface area contributed by atoms with E-state index in [0.717, 1.165) is 37.8 Å². The van der Waals surface area contributed by atoms with E-state index >= 15 is 0 Å². The van der Waals surface area contributed by atoms with Crippen molar-refractivity contribution in [3.05, 3.63) is 29.8 Å². The Morgan fingerprint density at radius 2 is 1.86 bits per heavy atom. The molecule has 0 atom stereocenters. The highest BCUT2D eigenvalue weighted by Gasteiger charge is 2.18. The third-order valence-corrected chi connectivity index (χ3v) is 4.49. The van der Waals surface area contributed by atoms with Crippen LogP contribution in [-0.2, 0) is 6.54 Å². The molecule has 0 amide bonds. The van der Waals surface area contributed by atoms with Crippen LogP contribution in [0.15, 0.2) is 24.3 Å². The summed E-state index contributed by atoms with van der Waals surface area (Å²) in [5.74, 6) is 1.87. The van der Waals surface area contributed by atoms with Crippen molar-refractivity contribution >= 4 is 0 Å². The monoisotopic (exact) mass is 304 g/mol. The second-order valence-corrected chi connectivity index (χ2v) is 6.37. The summed E-state index contributed by atoms with van der Waals surface area (Å²) < 4.78 is 5.72. The molecular formula is C19H32N2O. The smallest absolute Gasteiger partial charge is 0.119 e. The summed E-state index contributed by atoms with van der Waals surface area (Å²) in [6.07, 6.45) is 4.96. The molecule has 0 aliphatic carbocycles. The van der Waals surface area contributed by atoms with Crippen molar-refractivity contribution in [1.29, 1.82) is 0 Å². The lowest BCUT2D eigenvalue weighted by Gasteiger charge is -2.32. The Balaban J connectivity index is 1.70. The van der Waals surface area contributed by atoms with Gasteiger partial charge in [0.1, 0.15) is 5.75 Å². The number of rotatable bonds is 9. The van der Waals surface area contributed by atoms with E-state index in [0.29, 0.717) is 0 Å². The maximum absolute atomic E-state index is 5.72. The fraction of sp³-hybridized carbons (Fsp3) is 0.684. The van der Waals surface area contributed by atoms with Crippen LogP contribution in [0.25, 0.3) is 0 Å². The van der Waals surface area contributed by atoms with Crippen molar-refractivity contribution in [1.82, 2.24) is 10.2 Å². The van der Waals surface area contributed by atoms with Gasteiger partial charge in [-0.2, -0.15) is 0 Å². The van der Waals surface area contributed by atoms with Gasteiger partial charge in [0.15, 0.2) is 0 Å². The highest BCUT2D eigenvalue weighted by atomic mass is 16.5. The van der Waals surface area contributed by atoms with Gasteiger partial charge in [0.25, 0.3) is 0 Å². The number of piperidine rings is 1. The molecule has 1 saturated heterocycles. The van der Waals surface area contributed by atoms with E-state index in [1.54, 1.807) is 0 Å². The van der Waals surface area contributed by atoms with Gasteiger partial charge in [-0.05, 0) is 69.1 Å². The van der Waals surface area contributed by atoms with Crippen LogP contribution < -0.4 is 10.1 Å². The topological polar surface area (TPSA) is 24.5 Å². The van der Waals surface area contributed by atoms with E-state index < -0.39 is 0 Å². The first-order chi connectivity index (χ1) is 10.8. The summed E-state index contributed by atoms with van der Waals surface area (Å²) in [6.45, 7) is 11.0. The summed E-state index contributed by atoms with van der Waals surface area (Å²) >= 11 is 0. The Kier molecular flexibility index (Phi) is 7.75. The molecule has 1 N–H and O–H groups in total. The van der Waals surface area contributed by atoms with Crippen LogP contribution >= 0.6 is 0 Å². The van der Waals surface area contributed by atoms with Crippen molar-refractivity contribution in [3.8, 4) is 5.75 Å². The zero-order chi connectivity index (χ0) is 15.6. The SMILES string of the molecule is CCCCOc1ccc(CN2CCC(CNCC)CC2)cc1. The van der Waals surface area contributed by atoms with Gasteiger partial charge in [-0.15, -0.1) is 0 Å². The molecule has 0 spiro atoms. The van der Waals surface area contributed by atoms with Crippen molar-refractivity contribution in [2.45, 2.75) is 46.1 Å². The first kappa shape index (κ1) is 17.3. The van der Waals surface area contributed by atoms with Gasteiger partial charge in [-0.25, -0.2) is 0 Å². The van der Waals surface area contributed by atoms with Crippen LogP contribution in [0.3, 0.4) is 0 Å². The average Bonchev–Trinajstić information content (AvgIpc) is 2.56. The van der Waals surface area contributed by atoms with E-state index in [2.05, 4.69) is 48.3 Å². The van der Waals surface area contributed by atoms with Crippen LogP contribution in [0, 0.1) is 5.92 Å². The van der Waals surface area contributed by atoms with Gasteiger partial charge in [-0.1, -0.05) is 32.4 Å². The molecule has 2 rings (SSSR count). The molecule has 124 valence electrons. The summed E-state index contributed by atoms with van der Waals surface area (Å²) in [6, 6.07) is 8.66. The van der Waals surface area contributed by atoms with Crippen molar-refractivity contribution in [2.75, 3.05) is 32.8 Å². The highest BCUT2D eigenvalue weighted by Crippen LogP contribution is 2.19. The number of ether oxygens (including phenoxy) is 1. The van der Waals surface area contributed by atoms with Crippen molar-refractivity contribution in [2.24, 2.45) is 5.92 Å². The zero-order valence-corrected chi connectivity index (χ0v) is 14.3. The average molecular weight is 304 g/mol. The summed E-state index contributed by atoms with van der Waals surface area (Å²) in [4.78, 5) is 2.58. The molecule has 0 saturated carbocycles. The standard InChI is InChI=1S/C19H32N2O/c1-3-5-14-22-19-8-6-18(7-9-19)16-21-12-10-17(11-13-21)15-20-4-2/h6-9,17,20H,3-5,10-16H2,1-2H3. The van der Waals surface area contributed by atoms with Crippen molar-refractivity contribution in [3.63, 3.8) is 0 Å². The fourth-order valence-corrected chi connectivity index (χ4v) is 2.98. The second-order valence-electron chi connectivity index (χ2n) is 6.37. The predicted octanol–water partition coefficient (Wildman–Crippen LogP) is 3.69. The van der Waals surface area contributed by atoms with Gasteiger partial charge in [-0.3, -0.25) is 4.90 Å². The second kappa shape index (κ2) is 9.86. The lowest BCUT2D eigenvalue weighted by molar-refractivity contribution is 0.176. The molecule has 0 unspecified atom stereocenters. The maximum Gasteiger partial charge on any atom is 0.119 e. The first-order valence-corrected chi connectivity index (χ1v) is 8.96. The molecule has 1 aliphatic heterocycles. The largest absolute Gasteiger partial charge is 0.494 e. The molecule has 1 aromatic rings. The van der Waals surface area contributed by atoms with Crippen LogP contribution in [-0.4, -0.2) is 37.7 Å². The highest BCUT2D eigenvalue weighted by molar-refractivity contribution is 5.27. The Labute approximate surface area is 136 Å². The van der Waals surface area contributed by atoms with E-state index in [-0.39, 0.29) is 0 Å². The Morgan fingerprint density at radius 1 is 1.14 bits per heavy atom. The van der Waals surface area contributed by atoms with Gasteiger partial charge in [0, 0.05) is 6.54 Å². The number of nitrogens with one attached hydrogen (secondary N) is 1. The van der Waals surface area contributed by atoms with E-state index in [4.69, 9.17) is 4.74 Å². The van der Waals surface area contributed by atoms with E-state index in [9.17, 15) is 0 Å². The predicted molar refractivity (Wildman–Crippen MR) is 93.4 cm³/mol. The number of nitrogens with zero attached hydrogens (tertiary/aromatic N) is 1. The third kappa shape index (κ3) is 5.98. The molecule has 3 heteroatoms. The number of hydrogen-bond acceptors (Lipinski definition) is 3. The quantitative estimate of drug-likeness (QED) is 0.704. The van der Waals surface area contributed by atoms with Gasteiger partial charge >= 0.3 is 0 Å². The zero-order valence-electron chi connectivity index (χ0n) is 14.3.